The van der Waals surface area contributed by atoms with Gasteiger partial charge in [-0.1, -0.05) is 22.0 Å². The first-order chi connectivity index (χ1) is 9.97. The molecule has 1 saturated heterocycles. The standard InChI is InChI=1S/C16H21BrN2O2/c1-12(2)18-7-9-19(10-8-18)14-5-3-13(15(17)11-14)4-6-16(20)21/h3-6,11-12H,7-10H2,1-2H3,(H,20,21)/b6-4+. The smallest absolute Gasteiger partial charge is 0.328 e. The van der Waals surface area contributed by atoms with Gasteiger partial charge in [-0.3, -0.25) is 4.90 Å². The number of benzene rings is 1. The maximum Gasteiger partial charge on any atom is 0.328 e. The summed E-state index contributed by atoms with van der Waals surface area (Å²) >= 11 is 3.52. The Morgan fingerprint density at radius 1 is 1.29 bits per heavy atom. The largest absolute Gasteiger partial charge is 0.478 e. The Bertz CT molecular complexity index is 535. The van der Waals surface area contributed by atoms with Gasteiger partial charge in [0.2, 0.25) is 0 Å². The number of hydrogen-bond acceptors (Lipinski definition) is 3. The Balaban J connectivity index is 2.05. The van der Waals surface area contributed by atoms with E-state index < -0.39 is 5.97 Å². The van der Waals surface area contributed by atoms with Crippen molar-refractivity contribution in [2.24, 2.45) is 0 Å². The molecule has 1 aliphatic rings. The molecule has 0 aliphatic carbocycles. The van der Waals surface area contributed by atoms with Crippen LogP contribution in [0.4, 0.5) is 5.69 Å². The predicted molar refractivity (Wildman–Crippen MR) is 89.7 cm³/mol. The molecule has 1 N–H and O–H groups in total. The molecular weight excluding hydrogens is 332 g/mol. The number of hydrogen-bond donors (Lipinski definition) is 1. The summed E-state index contributed by atoms with van der Waals surface area (Å²) in [7, 11) is 0. The summed E-state index contributed by atoms with van der Waals surface area (Å²) in [5.74, 6) is -0.934. The van der Waals surface area contributed by atoms with Crippen LogP contribution in [0.1, 0.15) is 19.4 Å². The van der Waals surface area contributed by atoms with Gasteiger partial charge < -0.3 is 10.0 Å². The van der Waals surface area contributed by atoms with Crippen LogP contribution in [0.5, 0.6) is 0 Å². The van der Waals surface area contributed by atoms with Gasteiger partial charge in [0.15, 0.2) is 0 Å². The molecule has 4 nitrogen and oxygen atoms in total. The van der Waals surface area contributed by atoms with E-state index in [0.29, 0.717) is 6.04 Å². The first-order valence-electron chi connectivity index (χ1n) is 7.17. The second-order valence-corrected chi connectivity index (χ2v) is 6.35. The van der Waals surface area contributed by atoms with Crippen LogP contribution in [0.2, 0.25) is 0 Å². The molecule has 1 fully saturated rings. The number of nitrogens with zero attached hydrogens (tertiary/aromatic N) is 2. The normalized spacial score (nSPS) is 16.9. The Morgan fingerprint density at radius 3 is 2.48 bits per heavy atom. The van der Waals surface area contributed by atoms with Crippen molar-refractivity contribution in [3.8, 4) is 0 Å². The monoisotopic (exact) mass is 352 g/mol. The van der Waals surface area contributed by atoms with Crippen molar-refractivity contribution in [1.82, 2.24) is 4.90 Å². The minimum Gasteiger partial charge on any atom is -0.478 e. The third kappa shape index (κ3) is 4.32. The minimum absolute atomic E-state index is 0.599. The molecule has 0 radical (unpaired) electrons. The fourth-order valence-electron chi connectivity index (χ4n) is 2.51. The number of aliphatic carboxylic acids is 1. The first-order valence-corrected chi connectivity index (χ1v) is 7.96. The molecule has 21 heavy (non-hydrogen) atoms. The van der Waals surface area contributed by atoms with Crippen LogP contribution in [0.25, 0.3) is 6.08 Å². The van der Waals surface area contributed by atoms with Gasteiger partial charge in [-0.25, -0.2) is 4.79 Å². The number of piperazine rings is 1. The average molecular weight is 353 g/mol. The molecule has 0 bridgehead atoms. The molecule has 1 aromatic rings. The predicted octanol–water partition coefficient (Wildman–Crippen LogP) is 3.08. The lowest BCUT2D eigenvalue weighted by molar-refractivity contribution is -0.131. The summed E-state index contributed by atoms with van der Waals surface area (Å²) in [4.78, 5) is 15.4. The molecule has 1 heterocycles. The van der Waals surface area contributed by atoms with Gasteiger partial charge in [-0.05, 0) is 37.6 Å². The molecule has 0 spiro atoms. The number of rotatable bonds is 4. The number of carboxylic acids is 1. The highest BCUT2D eigenvalue weighted by Crippen LogP contribution is 2.26. The van der Waals surface area contributed by atoms with Gasteiger partial charge in [0.25, 0.3) is 0 Å². The number of carbonyl (C=O) groups is 1. The second-order valence-electron chi connectivity index (χ2n) is 5.49. The van der Waals surface area contributed by atoms with Crippen LogP contribution < -0.4 is 4.90 Å². The van der Waals surface area contributed by atoms with Gasteiger partial charge in [0, 0.05) is 48.5 Å². The van der Waals surface area contributed by atoms with Crippen LogP contribution >= 0.6 is 15.9 Å². The number of carboxylic acid groups (broad SMARTS) is 1. The van der Waals surface area contributed by atoms with E-state index in [1.54, 1.807) is 6.08 Å². The van der Waals surface area contributed by atoms with E-state index in [9.17, 15) is 4.79 Å². The zero-order valence-electron chi connectivity index (χ0n) is 12.4. The summed E-state index contributed by atoms with van der Waals surface area (Å²) in [6.45, 7) is 8.67. The second kappa shape index (κ2) is 7.09. The van der Waals surface area contributed by atoms with E-state index in [4.69, 9.17) is 5.11 Å². The topological polar surface area (TPSA) is 43.8 Å². The third-order valence-electron chi connectivity index (χ3n) is 3.80. The summed E-state index contributed by atoms with van der Waals surface area (Å²) in [5, 5.41) is 8.68. The van der Waals surface area contributed by atoms with Crippen LogP contribution in [-0.4, -0.2) is 48.2 Å². The quantitative estimate of drug-likeness (QED) is 0.845. The number of anilines is 1. The summed E-state index contributed by atoms with van der Waals surface area (Å²) in [5.41, 5.74) is 2.06. The molecular formula is C16H21BrN2O2. The molecule has 1 aliphatic heterocycles. The Labute approximate surface area is 134 Å². The molecule has 0 aromatic heterocycles. The van der Waals surface area contributed by atoms with Crippen LogP contribution in [0.15, 0.2) is 28.7 Å². The lowest BCUT2D eigenvalue weighted by Gasteiger charge is -2.38. The molecule has 0 unspecified atom stereocenters. The van der Waals surface area contributed by atoms with Gasteiger partial charge in [0.1, 0.15) is 0 Å². The lowest BCUT2D eigenvalue weighted by Crippen LogP contribution is -2.48. The van der Waals surface area contributed by atoms with Crippen molar-refractivity contribution in [3.63, 3.8) is 0 Å². The zero-order chi connectivity index (χ0) is 15.4. The maximum atomic E-state index is 10.6. The van der Waals surface area contributed by atoms with Crippen LogP contribution in [0, 0.1) is 0 Å². The van der Waals surface area contributed by atoms with Crippen molar-refractivity contribution < 1.29 is 9.90 Å². The highest BCUT2D eigenvalue weighted by Gasteiger charge is 2.19. The highest BCUT2D eigenvalue weighted by atomic mass is 79.9. The van der Waals surface area contributed by atoms with Gasteiger partial charge in [0.05, 0.1) is 0 Å². The van der Waals surface area contributed by atoms with E-state index in [-0.39, 0.29) is 0 Å². The van der Waals surface area contributed by atoms with Crippen molar-refractivity contribution in [1.29, 1.82) is 0 Å². The molecule has 0 saturated carbocycles. The van der Waals surface area contributed by atoms with E-state index in [0.717, 1.165) is 42.3 Å². The molecule has 0 amide bonds. The summed E-state index contributed by atoms with van der Waals surface area (Å²) in [6, 6.07) is 6.67. The van der Waals surface area contributed by atoms with Crippen molar-refractivity contribution in [3.05, 3.63) is 34.3 Å². The van der Waals surface area contributed by atoms with Crippen molar-refractivity contribution in [2.75, 3.05) is 31.1 Å². The summed E-state index contributed by atoms with van der Waals surface area (Å²) < 4.78 is 0.920. The molecule has 0 atom stereocenters. The average Bonchev–Trinajstić information content (AvgIpc) is 2.46. The third-order valence-corrected chi connectivity index (χ3v) is 4.49. The Hall–Kier alpha value is -1.33. The first kappa shape index (κ1) is 16.0. The zero-order valence-corrected chi connectivity index (χ0v) is 14.0. The molecule has 5 heteroatoms. The van der Waals surface area contributed by atoms with Gasteiger partial charge in [-0.2, -0.15) is 0 Å². The highest BCUT2D eigenvalue weighted by molar-refractivity contribution is 9.10. The Morgan fingerprint density at radius 2 is 1.95 bits per heavy atom. The van der Waals surface area contributed by atoms with E-state index >= 15 is 0 Å². The fourth-order valence-corrected chi connectivity index (χ4v) is 3.00. The van der Waals surface area contributed by atoms with Gasteiger partial charge >= 0.3 is 5.97 Å². The molecule has 1 aromatic carbocycles. The van der Waals surface area contributed by atoms with Crippen LogP contribution in [-0.2, 0) is 4.79 Å². The van der Waals surface area contributed by atoms with E-state index in [1.807, 2.05) is 6.07 Å². The van der Waals surface area contributed by atoms with Crippen molar-refractivity contribution in [2.45, 2.75) is 19.9 Å². The lowest BCUT2D eigenvalue weighted by atomic mass is 10.1. The van der Waals surface area contributed by atoms with E-state index in [1.165, 1.54) is 5.69 Å². The number of halogens is 1. The SMILES string of the molecule is CC(C)N1CCN(c2ccc(/C=C/C(=O)O)c(Br)c2)CC1. The van der Waals surface area contributed by atoms with Crippen molar-refractivity contribution >= 4 is 33.7 Å². The minimum atomic E-state index is -0.934. The maximum absolute atomic E-state index is 10.6. The van der Waals surface area contributed by atoms with E-state index in [2.05, 4.69) is 51.7 Å². The summed E-state index contributed by atoms with van der Waals surface area (Å²) in [6.07, 6.45) is 2.76. The fraction of sp³-hybridized carbons (Fsp3) is 0.438. The van der Waals surface area contributed by atoms with Crippen LogP contribution in [0.3, 0.4) is 0 Å². The van der Waals surface area contributed by atoms with Gasteiger partial charge in [-0.15, -0.1) is 0 Å². The Kier molecular flexibility index (Phi) is 5.42. The molecule has 2 rings (SSSR count). The molecule has 114 valence electrons.